The minimum atomic E-state index is -0.334. The summed E-state index contributed by atoms with van der Waals surface area (Å²) in [7, 11) is 0. The molecule has 0 aliphatic heterocycles. The van der Waals surface area contributed by atoms with Gasteiger partial charge in [0.1, 0.15) is 0 Å². The number of carbonyl (C=O) groups is 2. The van der Waals surface area contributed by atoms with Crippen LogP contribution in [0.3, 0.4) is 0 Å². The molecule has 0 bridgehead atoms. The molecule has 1 aromatic heterocycles. The van der Waals surface area contributed by atoms with Crippen molar-refractivity contribution in [3.63, 3.8) is 0 Å². The standard InChI is InChI=1S/C19H16BrN3O3/c20-13-4-1-6-15(10-13)22-18(24)12-21-14-5-2-7-16(11-14)23-19(25)17-8-3-9-26-17/h1-11,21H,12H2,(H,22,24)(H,23,25). The van der Waals surface area contributed by atoms with Crippen LogP contribution in [0.2, 0.25) is 0 Å². The molecule has 0 aliphatic rings. The number of hydrogen-bond acceptors (Lipinski definition) is 4. The van der Waals surface area contributed by atoms with Crippen molar-refractivity contribution < 1.29 is 14.0 Å². The number of hydrogen-bond donors (Lipinski definition) is 3. The molecule has 0 aliphatic carbocycles. The van der Waals surface area contributed by atoms with Crippen LogP contribution >= 0.6 is 15.9 Å². The third-order valence-corrected chi connectivity index (χ3v) is 3.92. The lowest BCUT2D eigenvalue weighted by Gasteiger charge is -2.10. The average Bonchev–Trinajstić information content (AvgIpc) is 3.15. The molecule has 2 aromatic carbocycles. The van der Waals surface area contributed by atoms with Gasteiger partial charge in [0.2, 0.25) is 5.91 Å². The van der Waals surface area contributed by atoms with Crippen molar-refractivity contribution >= 4 is 44.8 Å². The van der Waals surface area contributed by atoms with Gasteiger partial charge in [0.15, 0.2) is 5.76 Å². The number of anilines is 3. The van der Waals surface area contributed by atoms with E-state index in [2.05, 4.69) is 31.9 Å². The third kappa shape index (κ3) is 4.97. The normalized spacial score (nSPS) is 10.2. The highest BCUT2D eigenvalue weighted by atomic mass is 79.9. The first-order valence-electron chi connectivity index (χ1n) is 7.84. The van der Waals surface area contributed by atoms with Crippen molar-refractivity contribution in [1.29, 1.82) is 0 Å². The lowest BCUT2D eigenvalue weighted by Crippen LogP contribution is -2.21. The molecule has 2 amide bonds. The molecular formula is C19H16BrN3O3. The highest BCUT2D eigenvalue weighted by Gasteiger charge is 2.09. The van der Waals surface area contributed by atoms with Gasteiger partial charge in [-0.2, -0.15) is 0 Å². The van der Waals surface area contributed by atoms with E-state index in [1.165, 1.54) is 6.26 Å². The second kappa shape index (κ2) is 8.35. The van der Waals surface area contributed by atoms with E-state index in [1.807, 2.05) is 30.3 Å². The predicted octanol–water partition coefficient (Wildman–Crippen LogP) is 4.35. The maximum Gasteiger partial charge on any atom is 0.291 e. The first-order valence-corrected chi connectivity index (χ1v) is 8.64. The van der Waals surface area contributed by atoms with E-state index >= 15 is 0 Å². The van der Waals surface area contributed by atoms with Crippen LogP contribution in [-0.4, -0.2) is 18.4 Å². The summed E-state index contributed by atoms with van der Waals surface area (Å²) in [5.41, 5.74) is 2.03. The summed E-state index contributed by atoms with van der Waals surface area (Å²) < 4.78 is 5.95. The maximum atomic E-state index is 12.0. The second-order valence-corrected chi connectivity index (χ2v) is 6.34. The minimum absolute atomic E-state index is 0.0993. The van der Waals surface area contributed by atoms with Crippen LogP contribution in [-0.2, 0) is 4.79 Å². The van der Waals surface area contributed by atoms with E-state index < -0.39 is 0 Å². The van der Waals surface area contributed by atoms with Crippen LogP contribution in [0, 0.1) is 0 Å². The monoisotopic (exact) mass is 413 g/mol. The Morgan fingerprint density at radius 2 is 1.62 bits per heavy atom. The van der Waals surface area contributed by atoms with Gasteiger partial charge in [-0.25, -0.2) is 0 Å². The average molecular weight is 414 g/mol. The molecule has 0 saturated carbocycles. The summed E-state index contributed by atoms with van der Waals surface area (Å²) in [6.45, 7) is 0.0993. The first kappa shape index (κ1) is 17.8. The van der Waals surface area contributed by atoms with Crippen LogP contribution < -0.4 is 16.0 Å². The van der Waals surface area contributed by atoms with Gasteiger partial charge >= 0.3 is 0 Å². The number of carbonyl (C=O) groups excluding carboxylic acids is 2. The van der Waals surface area contributed by atoms with Crippen molar-refractivity contribution in [1.82, 2.24) is 0 Å². The van der Waals surface area contributed by atoms with Gasteiger partial charge in [-0.15, -0.1) is 0 Å². The predicted molar refractivity (Wildman–Crippen MR) is 104 cm³/mol. The third-order valence-electron chi connectivity index (χ3n) is 3.43. The van der Waals surface area contributed by atoms with Gasteiger partial charge in [-0.05, 0) is 48.5 Å². The van der Waals surface area contributed by atoms with Crippen molar-refractivity contribution in [3.05, 3.63) is 77.2 Å². The van der Waals surface area contributed by atoms with Crippen LogP contribution in [0.15, 0.2) is 75.8 Å². The summed E-state index contributed by atoms with van der Waals surface area (Å²) >= 11 is 3.36. The number of rotatable bonds is 6. The number of amides is 2. The Hall–Kier alpha value is -3.06. The Bertz CT molecular complexity index is 910. The molecule has 132 valence electrons. The molecule has 3 rings (SSSR count). The highest BCUT2D eigenvalue weighted by Crippen LogP contribution is 2.17. The second-order valence-electron chi connectivity index (χ2n) is 5.42. The SMILES string of the molecule is O=C(CNc1cccc(NC(=O)c2ccco2)c1)Nc1cccc(Br)c1. The zero-order valence-electron chi connectivity index (χ0n) is 13.7. The zero-order chi connectivity index (χ0) is 18.4. The van der Waals surface area contributed by atoms with E-state index in [9.17, 15) is 9.59 Å². The quantitative estimate of drug-likeness (QED) is 0.560. The zero-order valence-corrected chi connectivity index (χ0v) is 15.2. The van der Waals surface area contributed by atoms with Crippen molar-refractivity contribution in [2.75, 3.05) is 22.5 Å². The largest absolute Gasteiger partial charge is 0.459 e. The van der Waals surface area contributed by atoms with E-state index in [-0.39, 0.29) is 24.1 Å². The first-order chi connectivity index (χ1) is 12.6. The number of benzene rings is 2. The van der Waals surface area contributed by atoms with Crippen LogP contribution in [0.4, 0.5) is 17.1 Å². The fraction of sp³-hybridized carbons (Fsp3) is 0.0526. The van der Waals surface area contributed by atoms with Gasteiger partial charge in [0, 0.05) is 21.5 Å². The van der Waals surface area contributed by atoms with Crippen molar-refractivity contribution in [2.45, 2.75) is 0 Å². The number of furan rings is 1. The lowest BCUT2D eigenvalue weighted by molar-refractivity contribution is -0.114. The maximum absolute atomic E-state index is 12.0. The van der Waals surface area contributed by atoms with E-state index in [0.717, 1.165) is 4.47 Å². The van der Waals surface area contributed by atoms with Crippen LogP contribution in [0.5, 0.6) is 0 Å². The molecule has 0 atom stereocenters. The molecule has 0 saturated heterocycles. The summed E-state index contributed by atoms with van der Waals surface area (Å²) in [5, 5.41) is 8.57. The summed E-state index contributed by atoms with van der Waals surface area (Å²) in [4.78, 5) is 24.0. The van der Waals surface area contributed by atoms with Gasteiger partial charge in [-0.3, -0.25) is 9.59 Å². The van der Waals surface area contributed by atoms with E-state index in [4.69, 9.17) is 4.42 Å². The molecule has 0 unspecified atom stereocenters. The molecule has 6 nitrogen and oxygen atoms in total. The Labute approximate surface area is 158 Å². The van der Waals surface area contributed by atoms with Crippen LogP contribution in [0.1, 0.15) is 10.6 Å². The smallest absolute Gasteiger partial charge is 0.291 e. The molecular weight excluding hydrogens is 398 g/mol. The van der Waals surface area contributed by atoms with E-state index in [0.29, 0.717) is 17.1 Å². The molecule has 0 fully saturated rings. The summed E-state index contributed by atoms with van der Waals surface area (Å²) in [5.74, 6) is -0.274. The molecule has 26 heavy (non-hydrogen) atoms. The van der Waals surface area contributed by atoms with Gasteiger partial charge in [0.25, 0.3) is 5.91 Å². The van der Waals surface area contributed by atoms with Crippen LogP contribution in [0.25, 0.3) is 0 Å². The van der Waals surface area contributed by atoms with Gasteiger partial charge in [-0.1, -0.05) is 28.1 Å². The Morgan fingerprint density at radius 1 is 0.885 bits per heavy atom. The summed E-state index contributed by atoms with van der Waals surface area (Å²) in [6.07, 6.45) is 1.44. The lowest BCUT2D eigenvalue weighted by atomic mass is 10.2. The number of halogens is 1. The Morgan fingerprint density at radius 3 is 2.35 bits per heavy atom. The molecule has 0 radical (unpaired) electrons. The fourth-order valence-electron chi connectivity index (χ4n) is 2.26. The molecule has 3 aromatic rings. The molecule has 7 heteroatoms. The highest BCUT2D eigenvalue weighted by molar-refractivity contribution is 9.10. The van der Waals surface area contributed by atoms with Crippen molar-refractivity contribution in [2.24, 2.45) is 0 Å². The Balaban J connectivity index is 1.55. The molecule has 3 N–H and O–H groups in total. The van der Waals surface area contributed by atoms with Crippen molar-refractivity contribution in [3.8, 4) is 0 Å². The Kier molecular flexibility index (Phi) is 5.70. The van der Waals surface area contributed by atoms with Gasteiger partial charge in [0.05, 0.1) is 12.8 Å². The molecule has 0 spiro atoms. The fourth-order valence-corrected chi connectivity index (χ4v) is 2.66. The topological polar surface area (TPSA) is 83.4 Å². The molecule has 1 heterocycles. The summed E-state index contributed by atoms with van der Waals surface area (Å²) in [6, 6.07) is 17.7. The number of nitrogens with one attached hydrogen (secondary N) is 3. The van der Waals surface area contributed by atoms with E-state index in [1.54, 1.807) is 30.3 Å². The van der Waals surface area contributed by atoms with Gasteiger partial charge < -0.3 is 20.4 Å². The minimum Gasteiger partial charge on any atom is -0.459 e.